The minimum Gasteiger partial charge on any atom is -0.496 e. The van der Waals surface area contributed by atoms with Crippen LogP contribution < -0.4 is 42.6 Å². The van der Waals surface area contributed by atoms with Crippen LogP contribution in [0, 0.1) is 0 Å². The first-order valence-corrected chi connectivity index (χ1v) is 13.2. The highest BCUT2D eigenvalue weighted by Crippen LogP contribution is 2.47. The number of carbonyl (C=O) groups is 1. The van der Waals surface area contributed by atoms with Crippen molar-refractivity contribution in [2.75, 3.05) is 56.9 Å². The molecule has 1 aliphatic heterocycles. The summed E-state index contributed by atoms with van der Waals surface area (Å²) in [6, 6.07) is 10.5. The van der Waals surface area contributed by atoms with Crippen molar-refractivity contribution in [1.29, 1.82) is 0 Å². The maximum absolute atomic E-state index is 13.2. The Hall–Kier alpha value is -4.93. The predicted molar refractivity (Wildman–Crippen MR) is 158 cm³/mol. The molecule has 0 spiro atoms. The normalized spacial score (nSPS) is 15.5. The van der Waals surface area contributed by atoms with Crippen molar-refractivity contribution >= 4 is 12.0 Å². The molecule has 11 heteroatoms. The monoisotopic (exact) mass is 596 g/mol. The fourth-order valence-corrected chi connectivity index (χ4v) is 4.93. The van der Waals surface area contributed by atoms with Crippen LogP contribution in [0.3, 0.4) is 0 Å². The second-order valence-electron chi connectivity index (χ2n) is 9.27. The molecule has 3 aromatic carbocycles. The molecule has 0 radical (unpaired) electrons. The highest BCUT2D eigenvalue weighted by molar-refractivity contribution is 5.87. The first-order valence-electron chi connectivity index (χ1n) is 13.2. The third-order valence-electron chi connectivity index (χ3n) is 6.98. The van der Waals surface area contributed by atoms with Crippen molar-refractivity contribution in [2.24, 2.45) is 0 Å². The van der Waals surface area contributed by atoms with E-state index in [1.807, 2.05) is 0 Å². The maximum Gasteiger partial charge on any atom is 0.331 e. The highest BCUT2D eigenvalue weighted by atomic mass is 16.6. The lowest BCUT2D eigenvalue weighted by Crippen LogP contribution is -2.34. The molecule has 230 valence electrons. The zero-order valence-corrected chi connectivity index (χ0v) is 25.5. The number of hydrogen-bond donors (Lipinski definition) is 0. The summed E-state index contributed by atoms with van der Waals surface area (Å²) < 4.78 is 56.4. The third-order valence-corrected chi connectivity index (χ3v) is 6.98. The lowest BCUT2D eigenvalue weighted by atomic mass is 9.93. The SMILES string of the molecule is COc1cc(OC)c2c(c1)O[C@H](c1cc(OC)c(OC)c(OC)c1)[C@H](OC(=O)/C=C/c1cc(OC)c(OC)c(OC)c1)C2. The molecule has 43 heavy (non-hydrogen) atoms. The molecule has 0 amide bonds. The second-order valence-corrected chi connectivity index (χ2v) is 9.27. The average molecular weight is 597 g/mol. The van der Waals surface area contributed by atoms with Crippen LogP contribution in [0.1, 0.15) is 22.8 Å². The van der Waals surface area contributed by atoms with E-state index in [9.17, 15) is 4.79 Å². The van der Waals surface area contributed by atoms with E-state index in [-0.39, 0.29) is 0 Å². The van der Waals surface area contributed by atoms with Crippen molar-refractivity contribution in [3.63, 3.8) is 0 Å². The van der Waals surface area contributed by atoms with Gasteiger partial charge in [0.1, 0.15) is 23.4 Å². The molecule has 1 heterocycles. The first kappa shape index (κ1) is 31.0. The number of hydrogen-bond acceptors (Lipinski definition) is 11. The molecule has 0 bridgehead atoms. The van der Waals surface area contributed by atoms with E-state index in [0.717, 1.165) is 5.56 Å². The lowest BCUT2D eigenvalue weighted by Gasteiger charge is -2.34. The van der Waals surface area contributed by atoms with Crippen LogP contribution in [0.4, 0.5) is 0 Å². The molecule has 4 rings (SSSR count). The minimum atomic E-state index is -0.755. The van der Waals surface area contributed by atoms with Gasteiger partial charge in [-0.2, -0.15) is 0 Å². The molecule has 0 aliphatic carbocycles. The molecule has 0 N–H and O–H groups in total. The van der Waals surface area contributed by atoms with Gasteiger partial charge in [-0.05, 0) is 35.9 Å². The topological polar surface area (TPSA) is 109 Å². The number of fused-ring (bicyclic) bond motifs is 1. The van der Waals surface area contributed by atoms with E-state index >= 15 is 0 Å². The summed E-state index contributed by atoms with van der Waals surface area (Å²) in [5.41, 5.74) is 2.03. The van der Waals surface area contributed by atoms with Gasteiger partial charge in [0, 0.05) is 35.8 Å². The lowest BCUT2D eigenvalue weighted by molar-refractivity contribution is -0.149. The van der Waals surface area contributed by atoms with Crippen LogP contribution in [-0.2, 0) is 16.0 Å². The number of carbonyl (C=O) groups excluding carboxylic acids is 1. The molecule has 3 aromatic rings. The van der Waals surface area contributed by atoms with E-state index in [1.165, 1.54) is 48.7 Å². The second kappa shape index (κ2) is 13.8. The predicted octanol–water partition coefficient (Wildman–Crippen LogP) is 5.06. The summed E-state index contributed by atoms with van der Waals surface area (Å²) in [5, 5.41) is 0. The Balaban J connectivity index is 1.72. The number of methoxy groups -OCH3 is 8. The van der Waals surface area contributed by atoms with Crippen LogP contribution >= 0.6 is 0 Å². The van der Waals surface area contributed by atoms with Gasteiger partial charge < -0.3 is 47.4 Å². The van der Waals surface area contributed by atoms with Crippen molar-refractivity contribution in [3.05, 3.63) is 59.2 Å². The third kappa shape index (κ3) is 6.45. The van der Waals surface area contributed by atoms with Gasteiger partial charge in [-0.25, -0.2) is 4.79 Å². The van der Waals surface area contributed by atoms with E-state index in [0.29, 0.717) is 69.3 Å². The molecule has 0 saturated heterocycles. The molecule has 0 fully saturated rings. The summed E-state index contributed by atoms with van der Waals surface area (Å²) in [4.78, 5) is 13.2. The number of benzene rings is 3. The highest BCUT2D eigenvalue weighted by Gasteiger charge is 2.37. The molecule has 0 saturated carbocycles. The van der Waals surface area contributed by atoms with E-state index < -0.39 is 18.2 Å². The van der Waals surface area contributed by atoms with Crippen molar-refractivity contribution in [3.8, 4) is 51.7 Å². The fraction of sp³-hybridized carbons (Fsp3) is 0.344. The Morgan fingerprint density at radius 2 is 1.21 bits per heavy atom. The summed E-state index contributed by atoms with van der Waals surface area (Å²) in [6.45, 7) is 0. The quantitative estimate of drug-likeness (QED) is 0.207. The van der Waals surface area contributed by atoms with Gasteiger partial charge in [-0.15, -0.1) is 0 Å². The van der Waals surface area contributed by atoms with Crippen molar-refractivity contribution < 1.29 is 52.2 Å². The summed E-state index contributed by atoms with van der Waals surface area (Å²) in [7, 11) is 12.3. The fourth-order valence-electron chi connectivity index (χ4n) is 4.93. The first-order chi connectivity index (χ1) is 20.8. The van der Waals surface area contributed by atoms with Gasteiger partial charge in [-0.3, -0.25) is 0 Å². The van der Waals surface area contributed by atoms with Crippen LogP contribution in [0.15, 0.2) is 42.5 Å². The Labute approximate surface area is 250 Å². The minimum absolute atomic E-state index is 0.299. The van der Waals surface area contributed by atoms with Crippen LogP contribution in [-0.4, -0.2) is 69.0 Å². The maximum atomic E-state index is 13.2. The van der Waals surface area contributed by atoms with Crippen LogP contribution in [0.5, 0.6) is 51.7 Å². The van der Waals surface area contributed by atoms with Gasteiger partial charge in [0.25, 0.3) is 0 Å². The molecule has 11 nitrogen and oxygen atoms in total. The number of rotatable bonds is 12. The Kier molecular flexibility index (Phi) is 9.97. The largest absolute Gasteiger partial charge is 0.496 e. The standard InChI is InChI=1S/C32H36O11/c1-34-20-15-22(35-2)21-17-28(42-29(33)10-9-18-11-24(36-3)31(40-7)25(12-18)37-4)30(43-23(21)16-20)19-13-26(38-5)32(41-8)27(14-19)39-6/h9-16,28,30H,17H2,1-8H3/b10-9+/t28-,30-/m1/s1. The molecular formula is C32H36O11. The zero-order chi connectivity index (χ0) is 31.1. The average Bonchev–Trinajstić information content (AvgIpc) is 3.04. The Morgan fingerprint density at radius 3 is 1.70 bits per heavy atom. The van der Waals surface area contributed by atoms with Crippen LogP contribution in [0.2, 0.25) is 0 Å². The van der Waals surface area contributed by atoms with Crippen molar-refractivity contribution in [2.45, 2.75) is 18.6 Å². The molecule has 1 aliphatic rings. The van der Waals surface area contributed by atoms with Gasteiger partial charge >= 0.3 is 5.97 Å². The Morgan fingerprint density at radius 1 is 0.674 bits per heavy atom. The van der Waals surface area contributed by atoms with Crippen LogP contribution in [0.25, 0.3) is 6.08 Å². The van der Waals surface area contributed by atoms with E-state index in [2.05, 4.69) is 0 Å². The molecule has 0 unspecified atom stereocenters. The summed E-state index contributed by atoms with van der Waals surface area (Å²) in [6.07, 6.45) is 1.73. The number of ether oxygens (including phenoxy) is 10. The Bertz CT molecular complexity index is 1430. The van der Waals surface area contributed by atoms with Gasteiger partial charge in [0.15, 0.2) is 29.1 Å². The zero-order valence-electron chi connectivity index (χ0n) is 25.5. The van der Waals surface area contributed by atoms with E-state index in [4.69, 9.17) is 47.4 Å². The smallest absolute Gasteiger partial charge is 0.331 e. The number of esters is 1. The summed E-state index contributed by atoms with van der Waals surface area (Å²) in [5.74, 6) is 3.70. The molecule has 2 atom stereocenters. The van der Waals surface area contributed by atoms with Gasteiger partial charge in [0.05, 0.1) is 56.9 Å². The molecular weight excluding hydrogens is 560 g/mol. The van der Waals surface area contributed by atoms with Crippen molar-refractivity contribution in [1.82, 2.24) is 0 Å². The molecule has 0 aromatic heterocycles. The van der Waals surface area contributed by atoms with Gasteiger partial charge in [-0.1, -0.05) is 0 Å². The van der Waals surface area contributed by atoms with E-state index in [1.54, 1.807) is 56.7 Å². The van der Waals surface area contributed by atoms with Gasteiger partial charge in [0.2, 0.25) is 11.5 Å². The summed E-state index contributed by atoms with van der Waals surface area (Å²) >= 11 is 0.